The van der Waals surface area contributed by atoms with Gasteiger partial charge in [0.1, 0.15) is 0 Å². The summed E-state index contributed by atoms with van der Waals surface area (Å²) in [6.07, 6.45) is 1.69. The molecule has 1 N–H and O–H groups in total. The number of hydrogen-bond acceptors (Lipinski definition) is 3. The molecule has 0 bridgehead atoms. The van der Waals surface area contributed by atoms with E-state index in [0.717, 1.165) is 5.69 Å². The van der Waals surface area contributed by atoms with E-state index in [9.17, 15) is 5.26 Å². The summed E-state index contributed by atoms with van der Waals surface area (Å²) in [5.41, 5.74) is 0.802. The van der Waals surface area contributed by atoms with Crippen molar-refractivity contribution in [3.05, 3.63) is 60.4 Å². The lowest BCUT2D eigenvalue weighted by Crippen LogP contribution is -2.30. The fourth-order valence-electron chi connectivity index (χ4n) is 1.62. The third-order valence-electron chi connectivity index (χ3n) is 2.57. The second kappa shape index (κ2) is 4.67. The van der Waals surface area contributed by atoms with Crippen molar-refractivity contribution in [3.63, 3.8) is 0 Å². The third kappa shape index (κ3) is 2.43. The van der Waals surface area contributed by atoms with Crippen LogP contribution < -0.4 is 5.32 Å². The van der Waals surface area contributed by atoms with Crippen molar-refractivity contribution in [2.45, 2.75) is 12.5 Å². The molecule has 3 nitrogen and oxygen atoms in total. The molecule has 84 valence electrons. The predicted octanol–water partition coefficient (Wildman–Crippen LogP) is 2.93. The zero-order valence-electron chi connectivity index (χ0n) is 9.59. The van der Waals surface area contributed by atoms with Crippen LogP contribution in [-0.2, 0) is 5.54 Å². The molecule has 0 spiro atoms. The van der Waals surface area contributed by atoms with Crippen LogP contribution in [0.5, 0.6) is 0 Å². The number of rotatable bonds is 3. The van der Waals surface area contributed by atoms with Crippen LogP contribution >= 0.6 is 0 Å². The molecule has 17 heavy (non-hydrogen) atoms. The quantitative estimate of drug-likeness (QED) is 0.870. The molecule has 0 saturated heterocycles. The summed E-state index contributed by atoms with van der Waals surface area (Å²) in [6, 6.07) is 17.5. The Bertz CT molecular complexity index is 516. The van der Waals surface area contributed by atoms with Crippen LogP contribution in [0.25, 0.3) is 0 Å². The average molecular weight is 223 g/mol. The fourth-order valence-corrected chi connectivity index (χ4v) is 1.62. The highest BCUT2D eigenvalue weighted by Gasteiger charge is 2.27. The Hall–Kier alpha value is -2.34. The molecule has 0 aliphatic rings. The van der Waals surface area contributed by atoms with Gasteiger partial charge in [-0.15, -0.1) is 0 Å². The molecule has 3 heteroatoms. The first-order chi connectivity index (χ1) is 8.24. The van der Waals surface area contributed by atoms with Gasteiger partial charge in [0.15, 0.2) is 5.54 Å². The van der Waals surface area contributed by atoms with Crippen molar-refractivity contribution < 1.29 is 0 Å². The highest BCUT2D eigenvalue weighted by atomic mass is 15.0. The number of nitrogens with zero attached hydrogens (tertiary/aromatic N) is 2. The molecule has 0 unspecified atom stereocenters. The molecule has 2 aromatic rings. The minimum absolute atomic E-state index is 0.714. The summed E-state index contributed by atoms with van der Waals surface area (Å²) < 4.78 is 0. The van der Waals surface area contributed by atoms with Crippen LogP contribution in [0.4, 0.5) is 5.69 Å². The van der Waals surface area contributed by atoms with Gasteiger partial charge in [0.05, 0.1) is 11.8 Å². The van der Waals surface area contributed by atoms with Gasteiger partial charge in [-0.1, -0.05) is 24.3 Å². The van der Waals surface area contributed by atoms with Gasteiger partial charge in [0.25, 0.3) is 0 Å². The van der Waals surface area contributed by atoms with Crippen molar-refractivity contribution in [2.75, 3.05) is 5.32 Å². The standard InChI is InChI=1S/C14H13N3/c1-14(11-15,13-9-5-6-10-16-13)17-12-7-3-2-4-8-12/h2-10,17H,1H3/t14-/m1/s1. The van der Waals surface area contributed by atoms with Gasteiger partial charge in [-0.3, -0.25) is 4.98 Å². The number of pyridine rings is 1. The topological polar surface area (TPSA) is 48.7 Å². The van der Waals surface area contributed by atoms with Crippen LogP contribution in [-0.4, -0.2) is 4.98 Å². The van der Waals surface area contributed by atoms with E-state index < -0.39 is 5.54 Å². The number of aromatic nitrogens is 1. The van der Waals surface area contributed by atoms with Gasteiger partial charge in [0.2, 0.25) is 0 Å². The van der Waals surface area contributed by atoms with E-state index in [1.54, 1.807) is 6.20 Å². The van der Waals surface area contributed by atoms with Crippen LogP contribution in [0.2, 0.25) is 0 Å². The Morgan fingerprint density at radius 1 is 1.12 bits per heavy atom. The van der Waals surface area contributed by atoms with E-state index in [4.69, 9.17) is 0 Å². The van der Waals surface area contributed by atoms with Crippen LogP contribution in [0, 0.1) is 11.3 Å². The summed E-state index contributed by atoms with van der Waals surface area (Å²) in [7, 11) is 0. The molecule has 1 aromatic heterocycles. The SMILES string of the molecule is C[C@](C#N)(Nc1ccccc1)c1ccccn1. The van der Waals surface area contributed by atoms with E-state index in [-0.39, 0.29) is 0 Å². The number of para-hydroxylation sites is 1. The van der Waals surface area contributed by atoms with Crippen molar-refractivity contribution in [2.24, 2.45) is 0 Å². The zero-order chi connectivity index (χ0) is 12.1. The molecule has 1 atom stereocenters. The fraction of sp³-hybridized carbons (Fsp3) is 0.143. The van der Waals surface area contributed by atoms with Gasteiger partial charge in [-0.25, -0.2) is 0 Å². The van der Waals surface area contributed by atoms with Crippen molar-refractivity contribution in [3.8, 4) is 6.07 Å². The first-order valence-electron chi connectivity index (χ1n) is 5.40. The Kier molecular flexibility index (Phi) is 3.06. The normalized spacial score (nSPS) is 13.4. The Labute approximate surface area is 101 Å². The molecule has 0 amide bonds. The number of benzene rings is 1. The summed E-state index contributed by atoms with van der Waals surface area (Å²) >= 11 is 0. The lowest BCUT2D eigenvalue weighted by atomic mass is 9.98. The molecular formula is C14H13N3. The van der Waals surface area contributed by atoms with E-state index in [1.165, 1.54) is 0 Å². The van der Waals surface area contributed by atoms with Gasteiger partial charge in [0, 0.05) is 11.9 Å². The third-order valence-corrected chi connectivity index (χ3v) is 2.57. The largest absolute Gasteiger partial charge is 0.363 e. The second-order valence-corrected chi connectivity index (χ2v) is 3.94. The van der Waals surface area contributed by atoms with Crippen molar-refractivity contribution in [1.29, 1.82) is 5.26 Å². The lowest BCUT2D eigenvalue weighted by molar-refractivity contribution is 0.678. The van der Waals surface area contributed by atoms with Crippen molar-refractivity contribution >= 4 is 5.69 Å². The molecule has 0 radical (unpaired) electrons. The molecule has 0 fully saturated rings. The van der Waals surface area contributed by atoms with Gasteiger partial charge < -0.3 is 5.32 Å². The van der Waals surface area contributed by atoms with E-state index in [2.05, 4.69) is 16.4 Å². The van der Waals surface area contributed by atoms with Gasteiger partial charge in [-0.05, 0) is 31.2 Å². The monoisotopic (exact) mass is 223 g/mol. The number of nitriles is 1. The summed E-state index contributed by atoms with van der Waals surface area (Å²) in [5.74, 6) is 0. The van der Waals surface area contributed by atoms with Crippen molar-refractivity contribution in [1.82, 2.24) is 4.98 Å². The highest BCUT2D eigenvalue weighted by molar-refractivity contribution is 5.49. The summed E-state index contributed by atoms with van der Waals surface area (Å²) in [5, 5.41) is 12.5. The molecule has 1 heterocycles. The minimum atomic E-state index is -0.817. The average Bonchev–Trinajstić information content (AvgIpc) is 2.41. The Morgan fingerprint density at radius 2 is 1.82 bits per heavy atom. The zero-order valence-corrected chi connectivity index (χ0v) is 9.59. The van der Waals surface area contributed by atoms with E-state index in [1.807, 2.05) is 55.5 Å². The first kappa shape index (κ1) is 11.2. The maximum atomic E-state index is 9.35. The molecular weight excluding hydrogens is 210 g/mol. The number of hydrogen-bond donors (Lipinski definition) is 1. The number of nitrogens with one attached hydrogen (secondary N) is 1. The smallest absolute Gasteiger partial charge is 0.165 e. The highest BCUT2D eigenvalue weighted by Crippen LogP contribution is 2.23. The molecule has 0 aliphatic carbocycles. The van der Waals surface area contributed by atoms with E-state index >= 15 is 0 Å². The van der Waals surface area contributed by atoms with Crippen LogP contribution in [0.15, 0.2) is 54.7 Å². The number of anilines is 1. The summed E-state index contributed by atoms with van der Waals surface area (Å²) in [4.78, 5) is 4.23. The molecule has 2 rings (SSSR count). The lowest BCUT2D eigenvalue weighted by Gasteiger charge is -2.23. The summed E-state index contributed by atoms with van der Waals surface area (Å²) in [6.45, 7) is 1.82. The predicted molar refractivity (Wildman–Crippen MR) is 67.3 cm³/mol. The molecule has 0 aliphatic heterocycles. The minimum Gasteiger partial charge on any atom is -0.363 e. The van der Waals surface area contributed by atoms with Crippen LogP contribution in [0.3, 0.4) is 0 Å². The van der Waals surface area contributed by atoms with Gasteiger partial charge >= 0.3 is 0 Å². The first-order valence-corrected chi connectivity index (χ1v) is 5.40. The molecule has 0 saturated carbocycles. The molecule has 1 aromatic carbocycles. The Balaban J connectivity index is 2.31. The van der Waals surface area contributed by atoms with Crippen LogP contribution in [0.1, 0.15) is 12.6 Å². The second-order valence-electron chi connectivity index (χ2n) is 3.94. The maximum absolute atomic E-state index is 9.35. The maximum Gasteiger partial charge on any atom is 0.165 e. The Morgan fingerprint density at radius 3 is 2.41 bits per heavy atom. The van der Waals surface area contributed by atoms with Gasteiger partial charge in [-0.2, -0.15) is 5.26 Å². The van der Waals surface area contributed by atoms with E-state index in [0.29, 0.717) is 5.69 Å².